The minimum Gasteiger partial charge on any atom is -0.357 e. The molecule has 6 nitrogen and oxygen atoms in total. The predicted octanol–water partition coefficient (Wildman–Crippen LogP) is 2.85. The maximum atomic E-state index is 12.2. The van der Waals surface area contributed by atoms with Gasteiger partial charge in [-0.25, -0.2) is 0 Å². The Labute approximate surface area is 192 Å². The largest absolute Gasteiger partial charge is 0.357 e. The molecule has 1 aliphatic carbocycles. The quantitative estimate of drug-likeness (QED) is 0.476. The summed E-state index contributed by atoms with van der Waals surface area (Å²) >= 11 is 2.08. The molecule has 172 valence electrons. The van der Waals surface area contributed by atoms with Crippen molar-refractivity contribution in [2.45, 2.75) is 44.6 Å². The summed E-state index contributed by atoms with van der Waals surface area (Å²) in [5, 5.41) is 6.92. The molecule has 3 rings (SSSR count). The van der Waals surface area contributed by atoms with E-state index in [4.69, 9.17) is 4.99 Å². The molecule has 2 aliphatic rings. The van der Waals surface area contributed by atoms with Crippen LogP contribution in [0.1, 0.15) is 48.5 Å². The maximum Gasteiger partial charge on any atom is 0.253 e. The third-order valence-electron chi connectivity index (χ3n) is 6.38. The zero-order chi connectivity index (χ0) is 22.1. The average Bonchev–Trinajstić information content (AvgIpc) is 3.28. The Hall–Kier alpha value is -1.73. The number of nitrogens with one attached hydrogen (secondary N) is 2. The average molecular weight is 446 g/mol. The second-order valence-corrected chi connectivity index (χ2v) is 10.0. The fraction of sp³-hybridized carbons (Fsp3) is 0.667. The molecule has 1 aromatic carbocycles. The molecule has 1 aliphatic heterocycles. The Balaban J connectivity index is 1.58. The Morgan fingerprint density at radius 2 is 1.94 bits per heavy atom. The number of nitrogens with zero attached hydrogens (tertiary/aromatic N) is 3. The van der Waals surface area contributed by atoms with Gasteiger partial charge in [0, 0.05) is 62.9 Å². The molecule has 0 radical (unpaired) electrons. The molecule has 2 N–H and O–H groups in total. The minimum atomic E-state index is 0.0442. The molecule has 0 unspecified atom stereocenters. The minimum absolute atomic E-state index is 0.0442. The summed E-state index contributed by atoms with van der Waals surface area (Å²) in [5.74, 6) is 3.45. The van der Waals surface area contributed by atoms with Crippen molar-refractivity contribution in [3.63, 3.8) is 0 Å². The number of amides is 1. The van der Waals surface area contributed by atoms with Gasteiger partial charge in [-0.05, 0) is 43.9 Å². The van der Waals surface area contributed by atoms with Gasteiger partial charge in [-0.1, -0.05) is 25.0 Å². The maximum absolute atomic E-state index is 12.2. The van der Waals surface area contributed by atoms with Crippen LogP contribution in [0.5, 0.6) is 0 Å². The lowest BCUT2D eigenvalue weighted by Crippen LogP contribution is -2.53. The second kappa shape index (κ2) is 11.8. The Morgan fingerprint density at radius 1 is 1.19 bits per heavy atom. The molecular weight excluding hydrogens is 406 g/mol. The van der Waals surface area contributed by atoms with Gasteiger partial charge in [0.15, 0.2) is 5.96 Å². The van der Waals surface area contributed by atoms with Crippen LogP contribution < -0.4 is 10.6 Å². The lowest BCUT2D eigenvalue weighted by atomic mass is 9.95. The van der Waals surface area contributed by atoms with E-state index in [9.17, 15) is 4.79 Å². The van der Waals surface area contributed by atoms with Crippen molar-refractivity contribution < 1.29 is 4.79 Å². The molecule has 0 spiro atoms. The first-order valence-electron chi connectivity index (χ1n) is 11.7. The number of hydrogen-bond acceptors (Lipinski definition) is 4. The normalized spacial score (nSPS) is 19.3. The predicted molar refractivity (Wildman–Crippen MR) is 132 cm³/mol. The molecule has 7 heteroatoms. The lowest BCUT2D eigenvalue weighted by molar-refractivity contribution is 0.0827. The lowest BCUT2D eigenvalue weighted by Gasteiger charge is -2.42. The molecule has 1 saturated heterocycles. The van der Waals surface area contributed by atoms with Gasteiger partial charge < -0.3 is 15.5 Å². The molecule has 1 saturated carbocycles. The third kappa shape index (κ3) is 6.62. The van der Waals surface area contributed by atoms with Crippen LogP contribution in [-0.2, 0) is 6.42 Å². The third-order valence-corrected chi connectivity index (χ3v) is 7.32. The fourth-order valence-corrected chi connectivity index (χ4v) is 5.56. The van der Waals surface area contributed by atoms with Crippen molar-refractivity contribution in [1.29, 1.82) is 0 Å². The number of hydrogen-bond donors (Lipinski definition) is 2. The van der Waals surface area contributed by atoms with E-state index in [1.165, 1.54) is 50.3 Å². The van der Waals surface area contributed by atoms with Gasteiger partial charge in [-0.3, -0.25) is 14.7 Å². The van der Waals surface area contributed by atoms with Crippen LogP contribution in [-0.4, -0.2) is 85.5 Å². The SMILES string of the molecule is CCNC(=NCC1(N2CCSCC2)CCCC1)NCCc1cccc(C(=O)N(C)C)c1. The molecule has 1 amide bonds. The van der Waals surface area contributed by atoms with Gasteiger partial charge in [0.2, 0.25) is 0 Å². The van der Waals surface area contributed by atoms with E-state index < -0.39 is 0 Å². The van der Waals surface area contributed by atoms with E-state index >= 15 is 0 Å². The van der Waals surface area contributed by atoms with Crippen molar-refractivity contribution in [1.82, 2.24) is 20.4 Å². The first kappa shape index (κ1) is 23.9. The number of rotatable bonds is 8. The molecule has 0 aromatic heterocycles. The molecule has 1 heterocycles. The number of guanidine groups is 1. The van der Waals surface area contributed by atoms with Crippen LogP contribution in [0.2, 0.25) is 0 Å². The highest BCUT2D eigenvalue weighted by atomic mass is 32.2. The van der Waals surface area contributed by atoms with Crippen LogP contribution in [0, 0.1) is 0 Å². The van der Waals surface area contributed by atoms with Crippen LogP contribution in [0.15, 0.2) is 29.3 Å². The van der Waals surface area contributed by atoms with E-state index in [0.29, 0.717) is 0 Å². The standard InChI is InChI=1S/C24H39N5OS/c1-4-25-23(26-13-10-20-8-7-9-21(18-20)22(30)28(2)3)27-19-24(11-5-6-12-24)29-14-16-31-17-15-29/h7-9,18H,4-6,10-17,19H2,1-3H3,(H2,25,26,27). The fourth-order valence-electron chi connectivity index (χ4n) is 4.66. The summed E-state index contributed by atoms with van der Waals surface area (Å²) in [6.45, 7) is 7.03. The highest BCUT2D eigenvalue weighted by molar-refractivity contribution is 7.99. The van der Waals surface area contributed by atoms with Gasteiger partial charge in [0.25, 0.3) is 5.91 Å². The van der Waals surface area contributed by atoms with E-state index in [1.54, 1.807) is 19.0 Å². The van der Waals surface area contributed by atoms with E-state index in [1.807, 2.05) is 18.2 Å². The summed E-state index contributed by atoms with van der Waals surface area (Å²) in [6.07, 6.45) is 6.05. The van der Waals surface area contributed by atoms with Gasteiger partial charge in [-0.15, -0.1) is 0 Å². The van der Waals surface area contributed by atoms with E-state index in [2.05, 4.69) is 40.3 Å². The monoisotopic (exact) mass is 445 g/mol. The van der Waals surface area contributed by atoms with E-state index in [0.717, 1.165) is 43.1 Å². The number of carbonyl (C=O) groups excluding carboxylic acids is 1. The van der Waals surface area contributed by atoms with Crippen LogP contribution in [0.25, 0.3) is 0 Å². The van der Waals surface area contributed by atoms with Crippen LogP contribution >= 0.6 is 11.8 Å². The summed E-state index contributed by atoms with van der Waals surface area (Å²) in [7, 11) is 3.57. The van der Waals surface area contributed by atoms with Crippen LogP contribution in [0.3, 0.4) is 0 Å². The molecule has 1 aromatic rings. The number of benzene rings is 1. The zero-order valence-corrected chi connectivity index (χ0v) is 20.3. The summed E-state index contributed by atoms with van der Waals surface area (Å²) in [5.41, 5.74) is 2.16. The van der Waals surface area contributed by atoms with Gasteiger partial charge in [0.05, 0.1) is 6.54 Å². The molecule has 0 bridgehead atoms. The number of carbonyl (C=O) groups is 1. The summed E-state index contributed by atoms with van der Waals surface area (Å²) in [6, 6.07) is 7.92. The van der Waals surface area contributed by atoms with Crippen molar-refractivity contribution in [2.24, 2.45) is 4.99 Å². The first-order valence-corrected chi connectivity index (χ1v) is 12.8. The number of thioether (sulfide) groups is 1. The first-order chi connectivity index (χ1) is 15.0. The smallest absolute Gasteiger partial charge is 0.253 e. The summed E-state index contributed by atoms with van der Waals surface area (Å²) < 4.78 is 0. The highest BCUT2D eigenvalue weighted by Gasteiger charge is 2.39. The van der Waals surface area contributed by atoms with Crippen molar-refractivity contribution in [2.75, 3.05) is 58.3 Å². The molecule has 0 atom stereocenters. The van der Waals surface area contributed by atoms with Gasteiger partial charge in [0.1, 0.15) is 0 Å². The molecular formula is C24H39N5OS. The molecule has 31 heavy (non-hydrogen) atoms. The number of aliphatic imine (C=N–C) groups is 1. The van der Waals surface area contributed by atoms with E-state index in [-0.39, 0.29) is 11.4 Å². The van der Waals surface area contributed by atoms with Gasteiger partial charge in [-0.2, -0.15) is 11.8 Å². The second-order valence-electron chi connectivity index (χ2n) is 8.80. The Kier molecular flexibility index (Phi) is 9.08. The summed E-state index contributed by atoms with van der Waals surface area (Å²) in [4.78, 5) is 21.6. The van der Waals surface area contributed by atoms with Crippen LogP contribution in [0.4, 0.5) is 0 Å². The zero-order valence-electron chi connectivity index (χ0n) is 19.5. The van der Waals surface area contributed by atoms with Crippen molar-refractivity contribution in [3.8, 4) is 0 Å². The molecule has 2 fully saturated rings. The Bertz CT molecular complexity index is 739. The topological polar surface area (TPSA) is 60.0 Å². The van der Waals surface area contributed by atoms with Crippen molar-refractivity contribution in [3.05, 3.63) is 35.4 Å². The highest BCUT2D eigenvalue weighted by Crippen LogP contribution is 2.37. The van der Waals surface area contributed by atoms with Crippen molar-refractivity contribution >= 4 is 23.6 Å². The Morgan fingerprint density at radius 3 is 2.61 bits per heavy atom. The van der Waals surface area contributed by atoms with Gasteiger partial charge >= 0.3 is 0 Å².